The Kier molecular flexibility index (Phi) is 10.2. The van der Waals surface area contributed by atoms with Crippen LogP contribution < -0.4 is 10.6 Å². The Morgan fingerprint density at radius 1 is 1.16 bits per heavy atom. The van der Waals surface area contributed by atoms with Gasteiger partial charge in [-0.05, 0) is 27.2 Å². The second-order valence-electron chi connectivity index (χ2n) is 6.49. The molecule has 0 aromatic carbocycles. The summed E-state index contributed by atoms with van der Waals surface area (Å²) in [7, 11) is 0. The van der Waals surface area contributed by atoms with Crippen molar-refractivity contribution in [2.75, 3.05) is 13.2 Å². The molecule has 25 heavy (non-hydrogen) atoms. The molecule has 0 aromatic rings. The number of hydrogen-bond acceptors (Lipinski definition) is 8. The number of ether oxygens (including phenoxy) is 1. The Bertz CT molecular complexity index is 438. The van der Waals surface area contributed by atoms with E-state index in [0.717, 1.165) is 0 Å². The number of alkyl carbamates (subject to hydrolysis) is 1. The highest BCUT2D eigenvalue weighted by molar-refractivity contribution is 5.80. The van der Waals surface area contributed by atoms with Crippen molar-refractivity contribution in [3.63, 3.8) is 0 Å². The van der Waals surface area contributed by atoms with Crippen LogP contribution in [-0.2, 0) is 14.3 Å². The van der Waals surface area contributed by atoms with Gasteiger partial charge in [-0.3, -0.25) is 4.79 Å². The molecule has 0 aliphatic carbocycles. The van der Waals surface area contributed by atoms with Gasteiger partial charge in [0.05, 0.1) is 6.61 Å². The molecular formula is C15H28N2O8. The Morgan fingerprint density at radius 2 is 1.76 bits per heavy atom. The van der Waals surface area contributed by atoms with Gasteiger partial charge in [0.2, 0.25) is 5.91 Å². The molecule has 0 saturated heterocycles. The van der Waals surface area contributed by atoms with Crippen LogP contribution >= 0.6 is 0 Å². The molecule has 10 heteroatoms. The molecule has 10 nitrogen and oxygen atoms in total. The average molecular weight is 364 g/mol. The summed E-state index contributed by atoms with van der Waals surface area (Å²) >= 11 is 0. The molecule has 0 aromatic heterocycles. The Morgan fingerprint density at radius 3 is 2.24 bits per heavy atom. The lowest BCUT2D eigenvalue weighted by atomic mass is 10.0. The van der Waals surface area contributed by atoms with E-state index in [-0.39, 0.29) is 25.7 Å². The fourth-order valence-corrected chi connectivity index (χ4v) is 1.76. The van der Waals surface area contributed by atoms with Crippen LogP contribution in [0.5, 0.6) is 0 Å². The van der Waals surface area contributed by atoms with Gasteiger partial charge < -0.3 is 40.6 Å². The molecule has 4 atom stereocenters. The van der Waals surface area contributed by atoms with Crippen LogP contribution in [0.4, 0.5) is 4.79 Å². The zero-order valence-electron chi connectivity index (χ0n) is 14.6. The van der Waals surface area contributed by atoms with Crippen molar-refractivity contribution in [3.8, 4) is 0 Å². The number of carbonyl (C=O) groups excluding carboxylic acids is 3. The number of carbonyl (C=O) groups is 3. The van der Waals surface area contributed by atoms with Gasteiger partial charge in [-0.2, -0.15) is 0 Å². The van der Waals surface area contributed by atoms with E-state index >= 15 is 0 Å². The maximum atomic E-state index is 11.7. The lowest BCUT2D eigenvalue weighted by Crippen LogP contribution is -2.53. The van der Waals surface area contributed by atoms with E-state index in [1.807, 2.05) is 0 Å². The third-order valence-corrected chi connectivity index (χ3v) is 3.02. The maximum absolute atomic E-state index is 11.7. The predicted octanol–water partition coefficient (Wildman–Crippen LogP) is -1.95. The summed E-state index contributed by atoms with van der Waals surface area (Å²) in [6, 6.07) is -1.44. The van der Waals surface area contributed by atoms with Gasteiger partial charge in [0, 0.05) is 13.0 Å². The van der Waals surface area contributed by atoms with Gasteiger partial charge in [-0.1, -0.05) is 0 Å². The zero-order valence-corrected chi connectivity index (χ0v) is 14.6. The van der Waals surface area contributed by atoms with Crippen molar-refractivity contribution < 1.29 is 39.5 Å². The summed E-state index contributed by atoms with van der Waals surface area (Å²) < 4.78 is 5.02. The van der Waals surface area contributed by atoms with Crippen molar-refractivity contribution in [2.45, 2.75) is 63.6 Å². The number of amides is 2. The standard InChI is InChI=1S/C15H28N2O8/c1-15(2,3)25-14(24)16-6-4-5-11(21)17-9(7-18)12(22)13(23)10(20)8-19/h7,9-10,12-13,19-20,22-23H,4-6,8H2,1-3H3,(H,16,24)(H,17,21)/t9-,10+,12+,13+/m0/s1. The highest BCUT2D eigenvalue weighted by Gasteiger charge is 2.31. The first-order valence-electron chi connectivity index (χ1n) is 7.88. The van der Waals surface area contributed by atoms with Gasteiger partial charge in [-0.15, -0.1) is 0 Å². The van der Waals surface area contributed by atoms with Crippen molar-refractivity contribution in [3.05, 3.63) is 0 Å². The van der Waals surface area contributed by atoms with Crippen LogP contribution in [0.1, 0.15) is 33.6 Å². The smallest absolute Gasteiger partial charge is 0.407 e. The first-order valence-corrected chi connectivity index (χ1v) is 7.88. The lowest BCUT2D eigenvalue weighted by molar-refractivity contribution is -0.131. The number of hydrogen-bond donors (Lipinski definition) is 6. The minimum absolute atomic E-state index is 0.0501. The van der Waals surface area contributed by atoms with Gasteiger partial charge in [-0.25, -0.2) is 4.79 Å². The SMILES string of the molecule is CC(C)(C)OC(=O)NCCCC(=O)N[C@@H](C=O)[C@@H](O)[C@H](O)[C@H](O)CO. The second kappa shape index (κ2) is 11.0. The van der Waals surface area contributed by atoms with Crippen molar-refractivity contribution in [2.24, 2.45) is 0 Å². The van der Waals surface area contributed by atoms with E-state index in [0.29, 0.717) is 0 Å². The molecule has 0 radical (unpaired) electrons. The van der Waals surface area contributed by atoms with Gasteiger partial charge in [0.1, 0.15) is 36.2 Å². The van der Waals surface area contributed by atoms with Gasteiger partial charge in [0.25, 0.3) is 0 Å². The fourth-order valence-electron chi connectivity index (χ4n) is 1.76. The highest BCUT2D eigenvalue weighted by atomic mass is 16.6. The molecule has 0 bridgehead atoms. The number of aliphatic hydroxyl groups excluding tert-OH is 4. The quantitative estimate of drug-likeness (QED) is 0.192. The molecule has 0 heterocycles. The molecule has 0 rings (SSSR count). The summed E-state index contributed by atoms with van der Waals surface area (Å²) in [4.78, 5) is 34.1. The van der Waals surface area contributed by atoms with E-state index in [9.17, 15) is 29.7 Å². The largest absolute Gasteiger partial charge is 0.444 e. The predicted molar refractivity (Wildman–Crippen MR) is 86.6 cm³/mol. The monoisotopic (exact) mass is 364 g/mol. The van der Waals surface area contributed by atoms with E-state index in [1.54, 1.807) is 20.8 Å². The molecule has 0 spiro atoms. The van der Waals surface area contributed by atoms with Crippen molar-refractivity contribution in [1.29, 1.82) is 0 Å². The average Bonchev–Trinajstić information content (AvgIpc) is 2.52. The van der Waals surface area contributed by atoms with Crippen molar-refractivity contribution >= 4 is 18.3 Å². The summed E-state index contributed by atoms with van der Waals surface area (Å²) in [5.74, 6) is -0.590. The van der Waals surface area contributed by atoms with E-state index < -0.39 is 48.6 Å². The van der Waals surface area contributed by atoms with Gasteiger partial charge >= 0.3 is 6.09 Å². The van der Waals surface area contributed by atoms with E-state index in [2.05, 4.69) is 10.6 Å². The summed E-state index contributed by atoms with van der Waals surface area (Å²) in [5.41, 5.74) is -0.630. The van der Waals surface area contributed by atoms with Gasteiger partial charge in [0.15, 0.2) is 0 Å². The van der Waals surface area contributed by atoms with Crippen LogP contribution in [-0.4, -0.2) is 81.8 Å². The van der Waals surface area contributed by atoms with Crippen LogP contribution in [0, 0.1) is 0 Å². The van der Waals surface area contributed by atoms with E-state index in [1.165, 1.54) is 0 Å². The first kappa shape index (κ1) is 23.2. The Hall–Kier alpha value is -1.75. The molecule has 0 aliphatic heterocycles. The summed E-state index contributed by atoms with van der Waals surface area (Å²) in [6.07, 6.45) is -5.41. The number of nitrogens with one attached hydrogen (secondary N) is 2. The fraction of sp³-hybridized carbons (Fsp3) is 0.800. The molecule has 0 unspecified atom stereocenters. The number of rotatable bonds is 10. The summed E-state index contributed by atoms with van der Waals surface area (Å²) in [5, 5.41) is 41.9. The molecule has 0 saturated carbocycles. The van der Waals surface area contributed by atoms with Crippen molar-refractivity contribution in [1.82, 2.24) is 10.6 Å². The van der Waals surface area contributed by atoms with Crippen LogP contribution in [0.3, 0.4) is 0 Å². The third-order valence-electron chi connectivity index (χ3n) is 3.02. The molecule has 146 valence electrons. The highest BCUT2D eigenvalue weighted by Crippen LogP contribution is 2.07. The Balaban J connectivity index is 4.22. The molecule has 6 N–H and O–H groups in total. The molecule has 0 aliphatic rings. The first-order chi connectivity index (χ1) is 11.5. The molecular weight excluding hydrogens is 336 g/mol. The zero-order chi connectivity index (χ0) is 19.6. The number of aliphatic hydroxyl groups is 4. The third kappa shape index (κ3) is 9.97. The van der Waals surface area contributed by atoms with Crippen LogP contribution in [0.15, 0.2) is 0 Å². The Labute approximate surface area is 146 Å². The minimum atomic E-state index is -1.80. The van der Waals surface area contributed by atoms with Crippen LogP contribution in [0.2, 0.25) is 0 Å². The lowest BCUT2D eigenvalue weighted by Gasteiger charge is -2.26. The minimum Gasteiger partial charge on any atom is -0.444 e. The normalized spacial score (nSPS) is 16.3. The van der Waals surface area contributed by atoms with Crippen LogP contribution in [0.25, 0.3) is 0 Å². The van der Waals surface area contributed by atoms with E-state index in [4.69, 9.17) is 9.84 Å². The maximum Gasteiger partial charge on any atom is 0.407 e. The molecule has 0 fully saturated rings. The second-order valence-corrected chi connectivity index (χ2v) is 6.49. The molecule has 2 amide bonds. The topological polar surface area (TPSA) is 165 Å². The summed E-state index contributed by atoms with van der Waals surface area (Å²) in [6.45, 7) is 4.50. The number of aldehydes is 1.